The van der Waals surface area contributed by atoms with Crippen molar-refractivity contribution in [2.75, 3.05) is 7.11 Å². The Bertz CT molecular complexity index is 966. The molecule has 0 atom stereocenters. The van der Waals surface area contributed by atoms with E-state index in [1.54, 1.807) is 19.2 Å². The third kappa shape index (κ3) is 2.94. The van der Waals surface area contributed by atoms with E-state index in [0.29, 0.717) is 40.0 Å². The van der Waals surface area contributed by atoms with E-state index in [1.807, 2.05) is 51.1 Å². The number of hydrogen-bond acceptors (Lipinski definition) is 4. The Morgan fingerprint density at radius 2 is 1.80 bits per heavy atom. The van der Waals surface area contributed by atoms with Gasteiger partial charge in [-0.15, -0.1) is 0 Å². The van der Waals surface area contributed by atoms with Gasteiger partial charge in [-0.1, -0.05) is 37.3 Å². The summed E-state index contributed by atoms with van der Waals surface area (Å²) in [7, 11) is 1.59. The summed E-state index contributed by atoms with van der Waals surface area (Å²) >= 11 is 0. The van der Waals surface area contributed by atoms with Gasteiger partial charge in [0.05, 0.1) is 18.1 Å². The molecule has 0 amide bonds. The highest BCUT2D eigenvalue weighted by Gasteiger charge is 2.27. The molecule has 0 aliphatic carbocycles. The minimum atomic E-state index is -0.720. The Morgan fingerprint density at radius 3 is 2.36 bits per heavy atom. The third-order valence-corrected chi connectivity index (χ3v) is 4.37. The first-order valence-electron chi connectivity index (χ1n) is 8.40. The van der Waals surface area contributed by atoms with Gasteiger partial charge in [0, 0.05) is 16.7 Å². The molecule has 25 heavy (non-hydrogen) atoms. The van der Waals surface area contributed by atoms with Crippen molar-refractivity contribution >= 4 is 11.0 Å². The van der Waals surface area contributed by atoms with Gasteiger partial charge in [0.2, 0.25) is 0 Å². The summed E-state index contributed by atoms with van der Waals surface area (Å²) in [6, 6.07) is 13.2. The summed E-state index contributed by atoms with van der Waals surface area (Å²) in [5, 5.41) is 0.533. The summed E-state index contributed by atoms with van der Waals surface area (Å²) in [5.41, 5.74) is 8.37. The van der Waals surface area contributed by atoms with E-state index in [1.165, 1.54) is 0 Å². The average molecular weight is 337 g/mol. The molecule has 0 radical (unpaired) electrons. The number of hydrogen-bond donors (Lipinski definition) is 1. The lowest BCUT2D eigenvalue weighted by atomic mass is 9.91. The predicted molar refractivity (Wildman–Crippen MR) is 101 cm³/mol. The maximum atomic E-state index is 13.1. The van der Waals surface area contributed by atoms with Crippen molar-refractivity contribution in [1.29, 1.82) is 0 Å². The fourth-order valence-electron chi connectivity index (χ4n) is 3.20. The van der Waals surface area contributed by atoms with Crippen molar-refractivity contribution in [1.82, 2.24) is 0 Å². The zero-order valence-electron chi connectivity index (χ0n) is 15.1. The summed E-state index contributed by atoms with van der Waals surface area (Å²) < 4.78 is 11.8. The minimum absolute atomic E-state index is 0.0178. The fraction of sp³-hybridized carbons (Fsp3) is 0.286. The lowest BCUT2D eigenvalue weighted by Crippen LogP contribution is -2.30. The van der Waals surface area contributed by atoms with Crippen molar-refractivity contribution in [2.45, 2.75) is 32.7 Å². The number of rotatable bonds is 4. The highest BCUT2D eigenvalue weighted by molar-refractivity contribution is 5.86. The Hall–Kier alpha value is -2.59. The van der Waals surface area contributed by atoms with Crippen molar-refractivity contribution in [2.24, 2.45) is 5.73 Å². The zero-order chi connectivity index (χ0) is 18.2. The highest BCUT2D eigenvalue weighted by Crippen LogP contribution is 2.36. The molecule has 3 aromatic rings. The lowest BCUT2D eigenvalue weighted by molar-refractivity contribution is 0.393. The molecule has 3 rings (SSSR count). The van der Waals surface area contributed by atoms with Gasteiger partial charge in [0.15, 0.2) is 5.43 Å². The molecule has 0 saturated carbocycles. The molecule has 1 heterocycles. The number of fused-ring (bicyclic) bond motifs is 1. The first-order valence-corrected chi connectivity index (χ1v) is 8.40. The molecule has 130 valence electrons. The molecule has 0 spiro atoms. The molecular formula is C21H23NO3. The second-order valence-electron chi connectivity index (χ2n) is 6.70. The first-order chi connectivity index (χ1) is 11.9. The van der Waals surface area contributed by atoms with Crippen molar-refractivity contribution < 1.29 is 9.15 Å². The van der Waals surface area contributed by atoms with E-state index >= 15 is 0 Å². The standard InChI is InChI=1S/C21H23NO3/c1-5-14-18(23)15-11-12-16(24-4)17(21(2,3)22)20(15)25-19(14)13-9-7-6-8-10-13/h6-12H,5,22H2,1-4H3. The molecule has 0 aliphatic rings. The summed E-state index contributed by atoms with van der Waals surface area (Å²) in [5.74, 6) is 1.21. The fourth-order valence-corrected chi connectivity index (χ4v) is 3.20. The molecule has 0 aliphatic heterocycles. The number of methoxy groups -OCH3 is 1. The smallest absolute Gasteiger partial charge is 0.196 e. The molecule has 2 aromatic carbocycles. The minimum Gasteiger partial charge on any atom is -0.496 e. The molecule has 0 saturated heterocycles. The van der Waals surface area contributed by atoms with Crippen LogP contribution in [0.1, 0.15) is 31.9 Å². The second-order valence-corrected chi connectivity index (χ2v) is 6.70. The van der Waals surface area contributed by atoms with Crippen molar-refractivity contribution in [3.63, 3.8) is 0 Å². The van der Waals surface area contributed by atoms with E-state index in [4.69, 9.17) is 14.9 Å². The van der Waals surface area contributed by atoms with E-state index in [-0.39, 0.29) is 5.43 Å². The number of benzene rings is 2. The van der Waals surface area contributed by atoms with Gasteiger partial charge in [-0.3, -0.25) is 4.79 Å². The third-order valence-electron chi connectivity index (χ3n) is 4.37. The molecule has 2 N–H and O–H groups in total. The number of nitrogens with two attached hydrogens (primary N) is 1. The maximum absolute atomic E-state index is 13.1. The highest BCUT2D eigenvalue weighted by atomic mass is 16.5. The van der Waals surface area contributed by atoms with Gasteiger partial charge in [0.1, 0.15) is 17.1 Å². The van der Waals surface area contributed by atoms with Crippen molar-refractivity contribution in [3.8, 4) is 17.1 Å². The average Bonchev–Trinajstić information content (AvgIpc) is 2.60. The van der Waals surface area contributed by atoms with Crippen LogP contribution in [0.15, 0.2) is 51.7 Å². The molecule has 4 heteroatoms. The summed E-state index contributed by atoms with van der Waals surface area (Å²) in [4.78, 5) is 13.1. The molecule has 0 fully saturated rings. The summed E-state index contributed by atoms with van der Waals surface area (Å²) in [6.07, 6.45) is 0.593. The van der Waals surface area contributed by atoms with Crippen LogP contribution < -0.4 is 15.9 Å². The molecular weight excluding hydrogens is 314 g/mol. The van der Waals surface area contributed by atoms with Gasteiger partial charge in [0.25, 0.3) is 0 Å². The van der Waals surface area contributed by atoms with Crippen LogP contribution in [0, 0.1) is 0 Å². The van der Waals surface area contributed by atoms with E-state index in [0.717, 1.165) is 5.56 Å². The molecule has 0 bridgehead atoms. The lowest BCUT2D eigenvalue weighted by Gasteiger charge is -2.23. The summed E-state index contributed by atoms with van der Waals surface area (Å²) in [6.45, 7) is 5.71. The SMILES string of the molecule is CCc1c(-c2ccccc2)oc2c(C(C)(C)N)c(OC)ccc2c1=O. The largest absolute Gasteiger partial charge is 0.496 e. The van der Waals surface area contributed by atoms with Gasteiger partial charge < -0.3 is 14.9 Å². The van der Waals surface area contributed by atoms with Crippen LogP contribution in [-0.4, -0.2) is 7.11 Å². The molecule has 0 unspecified atom stereocenters. The Kier molecular flexibility index (Phi) is 4.39. The van der Waals surface area contributed by atoms with Gasteiger partial charge in [-0.25, -0.2) is 0 Å². The topological polar surface area (TPSA) is 65.5 Å². The van der Waals surface area contributed by atoms with Crippen LogP contribution >= 0.6 is 0 Å². The Morgan fingerprint density at radius 1 is 1.12 bits per heavy atom. The van der Waals surface area contributed by atoms with Crippen LogP contribution in [0.2, 0.25) is 0 Å². The van der Waals surface area contributed by atoms with Gasteiger partial charge in [-0.05, 0) is 32.4 Å². The van der Waals surface area contributed by atoms with E-state index in [9.17, 15) is 4.79 Å². The quantitative estimate of drug-likeness (QED) is 0.774. The number of ether oxygens (including phenoxy) is 1. The van der Waals surface area contributed by atoms with Crippen molar-refractivity contribution in [3.05, 3.63) is 63.8 Å². The van der Waals surface area contributed by atoms with E-state index in [2.05, 4.69) is 0 Å². The normalized spacial score (nSPS) is 11.7. The van der Waals surface area contributed by atoms with Gasteiger partial charge in [-0.2, -0.15) is 0 Å². The first kappa shape index (κ1) is 17.2. The monoisotopic (exact) mass is 337 g/mol. The van der Waals surface area contributed by atoms with Gasteiger partial charge >= 0.3 is 0 Å². The van der Waals surface area contributed by atoms with E-state index < -0.39 is 5.54 Å². The van der Waals surface area contributed by atoms with Crippen LogP contribution in [-0.2, 0) is 12.0 Å². The molecule has 1 aromatic heterocycles. The maximum Gasteiger partial charge on any atom is 0.196 e. The van der Waals surface area contributed by atoms with Crippen LogP contribution in [0.5, 0.6) is 5.75 Å². The second kappa shape index (κ2) is 6.37. The Labute approximate surface area is 147 Å². The zero-order valence-corrected chi connectivity index (χ0v) is 15.1. The predicted octanol–water partition coefficient (Wildman–Crippen LogP) is 4.22. The van der Waals surface area contributed by atoms with Crippen LogP contribution in [0.25, 0.3) is 22.3 Å². The Balaban J connectivity index is 2.49. The van der Waals surface area contributed by atoms with Crippen LogP contribution in [0.4, 0.5) is 0 Å². The molecule has 4 nitrogen and oxygen atoms in total. The van der Waals surface area contributed by atoms with Crippen LogP contribution in [0.3, 0.4) is 0 Å².